The van der Waals surface area contributed by atoms with Crippen LogP contribution in [0.25, 0.3) is 0 Å². The standard InChI is InChI=1S/C22H27N3O4S/c1-16-6-11-20(30(28,29)25-12-4-3-5-13-25)14-21(16)24-22(27)15-23-19-9-7-18(8-10-19)17(2)26/h6-11,14,23H,3-5,12-13,15H2,1-2H3,(H,24,27). The molecule has 2 aromatic carbocycles. The zero-order chi connectivity index (χ0) is 21.7. The van der Waals surface area contributed by atoms with Crippen molar-refractivity contribution in [2.75, 3.05) is 30.3 Å². The van der Waals surface area contributed by atoms with Crippen LogP contribution >= 0.6 is 0 Å². The van der Waals surface area contributed by atoms with Gasteiger partial charge in [0, 0.05) is 30.0 Å². The third-order valence-corrected chi connectivity index (χ3v) is 7.08. The highest BCUT2D eigenvalue weighted by Crippen LogP contribution is 2.25. The molecule has 1 amide bonds. The number of carbonyl (C=O) groups excluding carboxylic acids is 2. The van der Waals surface area contributed by atoms with E-state index in [1.54, 1.807) is 36.4 Å². The van der Waals surface area contributed by atoms with Crippen LogP contribution in [0.4, 0.5) is 11.4 Å². The molecule has 1 saturated heterocycles. The molecule has 0 aliphatic carbocycles. The molecule has 3 rings (SSSR count). The van der Waals surface area contributed by atoms with Crippen LogP contribution in [0, 0.1) is 6.92 Å². The number of hydrogen-bond acceptors (Lipinski definition) is 5. The van der Waals surface area contributed by atoms with Crippen LogP contribution in [0.3, 0.4) is 0 Å². The molecule has 0 aromatic heterocycles. The number of piperidine rings is 1. The number of anilines is 2. The number of ketones is 1. The Kier molecular flexibility index (Phi) is 6.89. The molecule has 0 radical (unpaired) electrons. The fraction of sp³-hybridized carbons (Fsp3) is 0.364. The zero-order valence-corrected chi connectivity index (χ0v) is 18.1. The van der Waals surface area contributed by atoms with Crippen molar-refractivity contribution in [3.05, 3.63) is 53.6 Å². The smallest absolute Gasteiger partial charge is 0.243 e. The number of Topliss-reactive ketones (excluding diaryl/α,β-unsaturated/α-hetero) is 1. The Balaban J connectivity index is 1.66. The van der Waals surface area contributed by atoms with Gasteiger partial charge in [0.1, 0.15) is 0 Å². The molecule has 160 valence electrons. The first kappa shape index (κ1) is 22.0. The number of sulfonamides is 1. The van der Waals surface area contributed by atoms with Crippen molar-refractivity contribution in [2.24, 2.45) is 0 Å². The topological polar surface area (TPSA) is 95.6 Å². The summed E-state index contributed by atoms with van der Waals surface area (Å²) < 4.78 is 27.3. The lowest BCUT2D eigenvalue weighted by Crippen LogP contribution is -2.35. The minimum atomic E-state index is -3.56. The SMILES string of the molecule is CC(=O)c1ccc(NCC(=O)Nc2cc(S(=O)(=O)N3CCCCC3)ccc2C)cc1. The van der Waals surface area contributed by atoms with E-state index < -0.39 is 10.0 Å². The molecule has 0 atom stereocenters. The molecule has 2 N–H and O–H groups in total. The highest BCUT2D eigenvalue weighted by Gasteiger charge is 2.26. The number of nitrogens with zero attached hydrogens (tertiary/aromatic N) is 1. The van der Waals surface area contributed by atoms with Gasteiger partial charge in [0.2, 0.25) is 15.9 Å². The van der Waals surface area contributed by atoms with Crippen LogP contribution < -0.4 is 10.6 Å². The Morgan fingerprint density at radius 1 is 1.00 bits per heavy atom. The van der Waals surface area contributed by atoms with Gasteiger partial charge in [0.25, 0.3) is 0 Å². The van der Waals surface area contributed by atoms with E-state index in [0.717, 1.165) is 24.8 Å². The van der Waals surface area contributed by atoms with E-state index in [1.165, 1.54) is 17.3 Å². The molecule has 1 aliphatic rings. The Hall–Kier alpha value is -2.71. The summed E-state index contributed by atoms with van der Waals surface area (Å²) in [6, 6.07) is 11.7. The van der Waals surface area contributed by atoms with E-state index in [-0.39, 0.29) is 23.1 Å². The first-order valence-electron chi connectivity index (χ1n) is 10.0. The molecule has 8 heteroatoms. The van der Waals surface area contributed by atoms with Crippen molar-refractivity contribution >= 4 is 33.1 Å². The Morgan fingerprint density at radius 2 is 1.67 bits per heavy atom. The number of amides is 1. The Morgan fingerprint density at radius 3 is 2.30 bits per heavy atom. The normalized spacial score (nSPS) is 14.9. The molecule has 0 unspecified atom stereocenters. The van der Waals surface area contributed by atoms with Crippen LogP contribution in [0.2, 0.25) is 0 Å². The lowest BCUT2D eigenvalue weighted by molar-refractivity contribution is -0.114. The van der Waals surface area contributed by atoms with E-state index in [2.05, 4.69) is 10.6 Å². The molecule has 7 nitrogen and oxygen atoms in total. The van der Waals surface area contributed by atoms with Gasteiger partial charge in [-0.05, 0) is 68.7 Å². The van der Waals surface area contributed by atoms with Crippen molar-refractivity contribution in [2.45, 2.75) is 38.0 Å². The average molecular weight is 430 g/mol. The van der Waals surface area contributed by atoms with Crippen LogP contribution in [-0.4, -0.2) is 44.0 Å². The first-order chi connectivity index (χ1) is 14.3. The maximum absolute atomic E-state index is 12.9. The first-order valence-corrected chi connectivity index (χ1v) is 11.5. The number of nitrogens with one attached hydrogen (secondary N) is 2. The van der Waals surface area contributed by atoms with Gasteiger partial charge in [0.15, 0.2) is 5.78 Å². The van der Waals surface area contributed by atoms with Gasteiger partial charge < -0.3 is 10.6 Å². The summed E-state index contributed by atoms with van der Waals surface area (Å²) in [5.41, 5.74) is 2.58. The quantitative estimate of drug-likeness (QED) is 0.658. The van der Waals surface area contributed by atoms with Gasteiger partial charge in [0.05, 0.1) is 11.4 Å². The summed E-state index contributed by atoms with van der Waals surface area (Å²) in [5, 5.41) is 5.78. The van der Waals surface area contributed by atoms with Crippen molar-refractivity contribution in [3.63, 3.8) is 0 Å². The molecule has 1 fully saturated rings. The van der Waals surface area contributed by atoms with Crippen LogP contribution in [0.1, 0.15) is 42.1 Å². The zero-order valence-electron chi connectivity index (χ0n) is 17.3. The molecule has 0 saturated carbocycles. The minimum Gasteiger partial charge on any atom is -0.376 e. The lowest BCUT2D eigenvalue weighted by atomic mass is 10.1. The molecule has 30 heavy (non-hydrogen) atoms. The number of carbonyl (C=O) groups is 2. The molecular weight excluding hydrogens is 402 g/mol. The summed E-state index contributed by atoms with van der Waals surface area (Å²) in [6.45, 7) is 4.40. The number of benzene rings is 2. The predicted octanol–water partition coefficient (Wildman–Crippen LogP) is 3.42. The molecule has 2 aromatic rings. The van der Waals surface area contributed by atoms with Gasteiger partial charge in [-0.3, -0.25) is 9.59 Å². The second kappa shape index (κ2) is 9.40. The third-order valence-electron chi connectivity index (χ3n) is 5.18. The second-order valence-corrected chi connectivity index (χ2v) is 9.41. The van der Waals surface area contributed by atoms with E-state index >= 15 is 0 Å². The molecule has 1 aliphatic heterocycles. The van der Waals surface area contributed by atoms with Crippen molar-refractivity contribution in [1.29, 1.82) is 0 Å². The predicted molar refractivity (Wildman–Crippen MR) is 117 cm³/mol. The Labute approximate surface area is 177 Å². The second-order valence-electron chi connectivity index (χ2n) is 7.48. The summed E-state index contributed by atoms with van der Waals surface area (Å²) in [6.07, 6.45) is 2.78. The maximum atomic E-state index is 12.9. The fourth-order valence-corrected chi connectivity index (χ4v) is 4.89. The minimum absolute atomic E-state index is 0.0158. The average Bonchev–Trinajstić information content (AvgIpc) is 2.74. The van der Waals surface area contributed by atoms with E-state index in [0.29, 0.717) is 30.0 Å². The van der Waals surface area contributed by atoms with Crippen molar-refractivity contribution in [3.8, 4) is 0 Å². The summed E-state index contributed by atoms with van der Waals surface area (Å²) in [4.78, 5) is 23.9. The van der Waals surface area contributed by atoms with Gasteiger partial charge in [-0.1, -0.05) is 12.5 Å². The Bertz CT molecular complexity index is 1030. The molecular formula is C22H27N3O4S. The number of aryl methyl sites for hydroxylation is 1. The van der Waals surface area contributed by atoms with Crippen LogP contribution in [0.5, 0.6) is 0 Å². The summed E-state index contributed by atoms with van der Waals surface area (Å²) in [5.74, 6) is -0.310. The highest BCUT2D eigenvalue weighted by atomic mass is 32.2. The van der Waals surface area contributed by atoms with E-state index in [4.69, 9.17) is 0 Å². The van der Waals surface area contributed by atoms with Crippen LogP contribution in [-0.2, 0) is 14.8 Å². The van der Waals surface area contributed by atoms with Crippen molar-refractivity contribution in [1.82, 2.24) is 4.31 Å². The lowest BCUT2D eigenvalue weighted by Gasteiger charge is -2.26. The largest absolute Gasteiger partial charge is 0.376 e. The van der Waals surface area contributed by atoms with E-state index in [1.807, 2.05) is 6.92 Å². The van der Waals surface area contributed by atoms with Gasteiger partial charge >= 0.3 is 0 Å². The van der Waals surface area contributed by atoms with Gasteiger partial charge in [-0.25, -0.2) is 8.42 Å². The molecule has 0 bridgehead atoms. The molecule has 0 spiro atoms. The monoisotopic (exact) mass is 429 g/mol. The maximum Gasteiger partial charge on any atom is 0.243 e. The highest BCUT2D eigenvalue weighted by molar-refractivity contribution is 7.89. The summed E-state index contributed by atoms with van der Waals surface area (Å²) >= 11 is 0. The van der Waals surface area contributed by atoms with Gasteiger partial charge in [-0.2, -0.15) is 4.31 Å². The van der Waals surface area contributed by atoms with E-state index in [9.17, 15) is 18.0 Å². The number of rotatable bonds is 7. The number of hydrogen-bond donors (Lipinski definition) is 2. The fourth-order valence-electron chi connectivity index (χ4n) is 3.35. The van der Waals surface area contributed by atoms with Crippen LogP contribution in [0.15, 0.2) is 47.4 Å². The van der Waals surface area contributed by atoms with Gasteiger partial charge in [-0.15, -0.1) is 0 Å². The third kappa shape index (κ3) is 5.25. The summed E-state index contributed by atoms with van der Waals surface area (Å²) in [7, 11) is -3.56. The molecule has 1 heterocycles. The van der Waals surface area contributed by atoms with Crippen molar-refractivity contribution < 1.29 is 18.0 Å².